The molecule has 0 aliphatic heterocycles. The summed E-state index contributed by atoms with van der Waals surface area (Å²) in [6.45, 7) is 8.28. The zero-order chi connectivity index (χ0) is 56.2. The van der Waals surface area contributed by atoms with Gasteiger partial charge in [0, 0.05) is 22.8 Å². The van der Waals surface area contributed by atoms with Gasteiger partial charge in [0.2, 0.25) is 0 Å². The second kappa shape index (κ2) is 22.7. The summed E-state index contributed by atoms with van der Waals surface area (Å²) in [6.07, 6.45) is -0.0872. The van der Waals surface area contributed by atoms with E-state index in [1.807, 2.05) is 0 Å². The van der Waals surface area contributed by atoms with Crippen LogP contribution >= 0.6 is 0 Å². The Labute approximate surface area is 442 Å². The molecule has 402 valence electrons. The summed E-state index contributed by atoms with van der Waals surface area (Å²) in [4.78, 5) is -2.37. The van der Waals surface area contributed by atoms with Gasteiger partial charge in [-0.25, -0.2) is 0 Å². The molecule has 0 aliphatic rings. The van der Waals surface area contributed by atoms with Gasteiger partial charge in [0.15, 0.2) is 5.75 Å². The molecular weight excluding hydrogens is 1080 g/mol. The van der Waals surface area contributed by atoms with E-state index in [-0.39, 0.29) is 46.6 Å². The highest BCUT2D eigenvalue weighted by molar-refractivity contribution is 7.87. The number of phenols is 1. The number of aromatic hydroxyl groups is 1. The number of anilines is 2. The first-order chi connectivity index (χ1) is 36.1. The Hall–Kier alpha value is -7.96. The molecule has 0 aliphatic carbocycles. The van der Waals surface area contributed by atoms with E-state index >= 15 is 0 Å². The average molecular weight is 1130 g/mol. The second-order valence-corrected chi connectivity index (χ2v) is 22.9. The van der Waals surface area contributed by atoms with Gasteiger partial charge in [-0.2, -0.15) is 59.2 Å². The van der Waals surface area contributed by atoms with Crippen LogP contribution in [-0.2, 0) is 40.5 Å². The van der Waals surface area contributed by atoms with Gasteiger partial charge >= 0.3 is 0 Å². The van der Waals surface area contributed by atoms with Crippen molar-refractivity contribution in [1.29, 1.82) is 0 Å². The molecular formula is C49H47N9O15S4. The number of aryl methyl sites for hydroxylation is 5. The smallest absolute Gasteiger partial charge is 0.296 e. The summed E-state index contributed by atoms with van der Waals surface area (Å²) >= 11 is 0. The molecule has 0 aromatic heterocycles. The highest BCUT2D eigenvalue weighted by Gasteiger charge is 2.24. The summed E-state index contributed by atoms with van der Waals surface area (Å²) in [5.41, 5.74) is 4.78. The molecule has 0 atom stereocenters. The third kappa shape index (κ3) is 14.3. The Kier molecular flexibility index (Phi) is 16.7. The molecule has 0 unspecified atom stereocenters. The Morgan fingerprint density at radius 1 is 0.481 bits per heavy atom. The number of fused-ring (bicyclic) bond motifs is 1. The third-order valence-corrected chi connectivity index (χ3v) is 14.8. The zero-order valence-corrected chi connectivity index (χ0v) is 44.7. The maximum absolute atomic E-state index is 12.7. The van der Waals surface area contributed by atoms with Crippen LogP contribution in [0.3, 0.4) is 0 Å². The third-order valence-electron chi connectivity index (χ3n) is 11.4. The molecule has 0 radical (unpaired) electrons. The van der Waals surface area contributed by atoms with Crippen LogP contribution in [0.5, 0.6) is 17.2 Å². The maximum atomic E-state index is 12.7. The number of methoxy groups -OCH3 is 1. The standard InChI is InChI=1S/C49H47N9O15S4/c1-27-19-40(28(2)18-39(27)52-51-38-15-13-36(75(63,64)65)25-46(38)76(66,67)68)53-55-43-26-45(73-16-7-17-74(60,61)62)44(22-31(43)5)57-54-41-20-30(4)42(21-29(41)3)56-58-48-47(77(69,70)71)24-32-23-34(10-14-37(32)49(48)59)50-33-8-11-35(72-6)12-9-33/h8-15,18-26,50,59H,7,16-17H2,1-6H3,(H,60,61,62)(H,63,64,65)(H,66,67,68)(H,69,70,71). The van der Waals surface area contributed by atoms with Crippen LogP contribution in [0.15, 0.2) is 159 Å². The summed E-state index contributed by atoms with van der Waals surface area (Å²) in [7, 11) is -17.5. The number of hydrogen-bond donors (Lipinski definition) is 6. The van der Waals surface area contributed by atoms with Crippen molar-refractivity contribution in [3.8, 4) is 17.2 Å². The largest absolute Gasteiger partial charge is 0.505 e. The predicted molar refractivity (Wildman–Crippen MR) is 284 cm³/mol. The molecule has 0 amide bonds. The molecule has 6 N–H and O–H groups in total. The average Bonchev–Trinajstić information content (AvgIpc) is 3.35. The quantitative estimate of drug-likeness (QED) is 0.0249. The van der Waals surface area contributed by atoms with E-state index in [1.54, 1.807) is 115 Å². The van der Waals surface area contributed by atoms with E-state index in [4.69, 9.17) is 9.47 Å². The lowest BCUT2D eigenvalue weighted by Gasteiger charge is -2.12. The number of rotatable bonds is 19. The van der Waals surface area contributed by atoms with E-state index in [1.165, 1.54) is 12.1 Å². The van der Waals surface area contributed by atoms with Gasteiger partial charge in [-0.15, -0.1) is 15.3 Å². The first-order valence-corrected chi connectivity index (χ1v) is 28.4. The molecule has 7 aromatic rings. The van der Waals surface area contributed by atoms with Gasteiger partial charge in [-0.1, -0.05) is 0 Å². The molecule has 7 rings (SSSR count). The predicted octanol–water partition coefficient (Wildman–Crippen LogP) is 12.9. The molecule has 0 bridgehead atoms. The minimum absolute atomic E-state index is 0.0872. The minimum Gasteiger partial charge on any atom is -0.505 e. The molecule has 0 fully saturated rings. The van der Waals surface area contributed by atoms with Crippen LogP contribution in [0.2, 0.25) is 0 Å². The number of phenolic OH excluding ortho intramolecular Hbond substituents is 1. The highest BCUT2D eigenvalue weighted by Crippen LogP contribution is 2.44. The molecule has 0 heterocycles. The Bertz CT molecular complexity index is 4080. The van der Waals surface area contributed by atoms with Crippen molar-refractivity contribution in [2.75, 3.05) is 24.8 Å². The number of nitrogens with zero attached hydrogens (tertiary/aromatic N) is 8. The van der Waals surface area contributed by atoms with Gasteiger partial charge in [0.05, 0.1) is 52.8 Å². The lowest BCUT2D eigenvalue weighted by atomic mass is 10.1. The molecule has 0 spiro atoms. The van der Waals surface area contributed by atoms with Crippen LogP contribution in [0, 0.1) is 34.6 Å². The monoisotopic (exact) mass is 1130 g/mol. The van der Waals surface area contributed by atoms with E-state index in [0.29, 0.717) is 68.1 Å². The van der Waals surface area contributed by atoms with Crippen molar-refractivity contribution in [2.24, 2.45) is 40.9 Å². The first-order valence-electron chi connectivity index (χ1n) is 22.5. The van der Waals surface area contributed by atoms with Crippen molar-refractivity contribution < 1.29 is 66.5 Å². The number of ether oxygens (including phenoxy) is 2. The molecule has 0 saturated heterocycles. The number of benzene rings is 7. The maximum Gasteiger partial charge on any atom is 0.296 e. The normalized spacial score (nSPS) is 12.7. The van der Waals surface area contributed by atoms with Gasteiger partial charge in [-0.05, 0) is 171 Å². The van der Waals surface area contributed by atoms with E-state index in [2.05, 4.69) is 46.2 Å². The zero-order valence-electron chi connectivity index (χ0n) is 41.5. The lowest BCUT2D eigenvalue weighted by Crippen LogP contribution is -2.08. The van der Waals surface area contributed by atoms with Crippen LogP contribution in [-0.4, -0.2) is 76.5 Å². The van der Waals surface area contributed by atoms with Crippen molar-refractivity contribution in [3.63, 3.8) is 0 Å². The van der Waals surface area contributed by atoms with Crippen LogP contribution in [0.4, 0.5) is 56.9 Å². The number of azo groups is 4. The van der Waals surface area contributed by atoms with Crippen molar-refractivity contribution >= 4 is 108 Å². The fourth-order valence-electron chi connectivity index (χ4n) is 7.32. The second-order valence-electron chi connectivity index (χ2n) is 17.2. The van der Waals surface area contributed by atoms with Crippen LogP contribution in [0.25, 0.3) is 10.8 Å². The first kappa shape index (κ1) is 56.8. The number of nitrogens with one attached hydrogen (secondary N) is 1. The molecule has 77 heavy (non-hydrogen) atoms. The van der Waals surface area contributed by atoms with E-state index in [9.17, 15) is 57.0 Å². The highest BCUT2D eigenvalue weighted by atomic mass is 32.2. The Balaban J connectivity index is 1.14. The van der Waals surface area contributed by atoms with Gasteiger partial charge in [0.1, 0.15) is 38.4 Å². The minimum atomic E-state index is -4.99. The molecule has 24 nitrogen and oxygen atoms in total. The fourth-order valence-corrected chi connectivity index (χ4v) is 9.70. The van der Waals surface area contributed by atoms with Crippen LogP contribution in [0.1, 0.15) is 34.2 Å². The molecule has 7 aromatic carbocycles. The Morgan fingerprint density at radius 3 is 1.44 bits per heavy atom. The lowest BCUT2D eigenvalue weighted by molar-refractivity contribution is 0.317. The Morgan fingerprint density at radius 2 is 0.948 bits per heavy atom. The van der Waals surface area contributed by atoms with Crippen molar-refractivity contribution in [1.82, 2.24) is 0 Å². The van der Waals surface area contributed by atoms with Gasteiger partial charge in [-0.3, -0.25) is 18.2 Å². The summed E-state index contributed by atoms with van der Waals surface area (Å²) in [5.74, 6) is -0.343. The van der Waals surface area contributed by atoms with Gasteiger partial charge < -0.3 is 19.9 Å². The molecule has 0 saturated carbocycles. The van der Waals surface area contributed by atoms with Gasteiger partial charge in [0.25, 0.3) is 40.5 Å². The summed E-state index contributed by atoms with van der Waals surface area (Å²) in [6, 6.07) is 25.0. The fraction of sp³-hybridized carbons (Fsp3) is 0.184. The summed E-state index contributed by atoms with van der Waals surface area (Å²) in [5, 5.41) is 49.1. The van der Waals surface area contributed by atoms with E-state index in [0.717, 1.165) is 12.1 Å². The molecule has 28 heteroatoms. The van der Waals surface area contributed by atoms with E-state index < -0.39 is 78.0 Å². The van der Waals surface area contributed by atoms with Crippen LogP contribution < -0.4 is 14.8 Å². The summed E-state index contributed by atoms with van der Waals surface area (Å²) < 4.78 is 145. The topological polar surface area (TPSA) is 367 Å². The van der Waals surface area contributed by atoms with Crippen molar-refractivity contribution in [2.45, 2.75) is 55.7 Å². The SMILES string of the molecule is COc1ccc(Nc2ccc3c(O)c(N=Nc4cc(C)c(N=Nc5cc(C)c(N=Nc6cc(C)c(N=Nc7ccc(S(=O)(=O)O)cc7S(=O)(=O)O)cc6C)cc5OCCCS(=O)(=O)O)cc4C)c(S(=O)(=O)O)cc3c2)cc1. The number of hydrogen-bond acceptors (Lipinski definition) is 20. The van der Waals surface area contributed by atoms with Crippen molar-refractivity contribution in [3.05, 3.63) is 131 Å².